The molecular formula is C15H16N6. The second-order valence-corrected chi connectivity index (χ2v) is 5.25. The van der Waals surface area contributed by atoms with Crippen molar-refractivity contribution in [2.75, 3.05) is 5.43 Å². The number of para-hydroxylation sites is 1. The predicted octanol–water partition coefficient (Wildman–Crippen LogP) is 1.98. The van der Waals surface area contributed by atoms with Gasteiger partial charge in [-0.15, -0.1) is 0 Å². The van der Waals surface area contributed by atoms with E-state index in [0.29, 0.717) is 5.95 Å². The first-order chi connectivity index (χ1) is 10.4. The lowest BCUT2D eigenvalue weighted by Gasteiger charge is -2.15. The van der Waals surface area contributed by atoms with Crippen molar-refractivity contribution >= 4 is 16.9 Å². The third kappa shape index (κ3) is 1.95. The minimum absolute atomic E-state index is 0.418. The number of anilines is 1. The fraction of sp³-hybridized carbons (Fsp3) is 0.267. The minimum atomic E-state index is 0.418. The van der Waals surface area contributed by atoms with Gasteiger partial charge in [-0.05, 0) is 37.8 Å². The Morgan fingerprint density at radius 2 is 1.95 bits per heavy atom. The summed E-state index contributed by atoms with van der Waals surface area (Å²) in [5, 5.41) is 1.00. The van der Waals surface area contributed by atoms with Gasteiger partial charge in [0, 0.05) is 11.1 Å². The Balaban J connectivity index is 1.99. The van der Waals surface area contributed by atoms with Crippen molar-refractivity contribution in [1.82, 2.24) is 19.5 Å². The molecule has 2 aromatic heterocycles. The minimum Gasteiger partial charge on any atom is -0.292 e. The number of nitrogens with one attached hydrogen (secondary N) is 1. The molecule has 4 rings (SSSR count). The number of imidazole rings is 1. The molecule has 21 heavy (non-hydrogen) atoms. The standard InChI is InChI=1S/C15H16N6/c16-20-15-18-11-6-2-1-5-10(11)14(19-15)21-9-17-12-7-3-4-8-13(12)21/h1-2,5-6,9H,3-4,7-8,16H2,(H,18,19,20). The van der Waals surface area contributed by atoms with E-state index >= 15 is 0 Å². The molecule has 3 aromatic rings. The largest absolute Gasteiger partial charge is 0.292 e. The molecule has 2 heterocycles. The van der Waals surface area contributed by atoms with Crippen LogP contribution in [0.1, 0.15) is 24.2 Å². The van der Waals surface area contributed by atoms with Gasteiger partial charge in [0.25, 0.3) is 0 Å². The third-order valence-corrected chi connectivity index (χ3v) is 3.97. The van der Waals surface area contributed by atoms with Gasteiger partial charge in [0.15, 0.2) is 5.82 Å². The first-order valence-electron chi connectivity index (χ1n) is 7.15. The van der Waals surface area contributed by atoms with Crippen molar-refractivity contribution in [3.8, 4) is 5.82 Å². The van der Waals surface area contributed by atoms with Crippen LogP contribution in [0.4, 0.5) is 5.95 Å². The maximum Gasteiger partial charge on any atom is 0.239 e. The lowest BCUT2D eigenvalue weighted by Crippen LogP contribution is -2.14. The van der Waals surface area contributed by atoms with Crippen molar-refractivity contribution in [1.29, 1.82) is 0 Å². The Morgan fingerprint density at radius 3 is 2.86 bits per heavy atom. The molecule has 0 atom stereocenters. The van der Waals surface area contributed by atoms with Crippen molar-refractivity contribution in [3.05, 3.63) is 42.0 Å². The first kappa shape index (κ1) is 12.3. The number of hydrazine groups is 1. The number of nitrogens with two attached hydrogens (primary N) is 1. The highest BCUT2D eigenvalue weighted by atomic mass is 15.3. The van der Waals surface area contributed by atoms with Crippen molar-refractivity contribution in [2.24, 2.45) is 5.84 Å². The molecule has 106 valence electrons. The van der Waals surface area contributed by atoms with E-state index in [4.69, 9.17) is 5.84 Å². The molecule has 0 bridgehead atoms. The molecule has 0 spiro atoms. The Labute approximate surface area is 122 Å². The molecule has 0 unspecified atom stereocenters. The summed E-state index contributed by atoms with van der Waals surface area (Å²) in [6, 6.07) is 7.95. The molecule has 1 aromatic carbocycles. The highest BCUT2D eigenvalue weighted by Gasteiger charge is 2.18. The van der Waals surface area contributed by atoms with Gasteiger partial charge in [0.2, 0.25) is 5.95 Å². The topological polar surface area (TPSA) is 81.6 Å². The number of hydrogen-bond donors (Lipinski definition) is 2. The van der Waals surface area contributed by atoms with E-state index in [1.807, 2.05) is 30.6 Å². The van der Waals surface area contributed by atoms with Gasteiger partial charge in [0.1, 0.15) is 6.33 Å². The fourth-order valence-electron chi connectivity index (χ4n) is 2.96. The monoisotopic (exact) mass is 280 g/mol. The number of benzene rings is 1. The van der Waals surface area contributed by atoms with E-state index in [0.717, 1.165) is 29.6 Å². The first-order valence-corrected chi connectivity index (χ1v) is 7.15. The average Bonchev–Trinajstić information content (AvgIpc) is 2.97. The van der Waals surface area contributed by atoms with E-state index < -0.39 is 0 Å². The van der Waals surface area contributed by atoms with Crippen LogP contribution >= 0.6 is 0 Å². The summed E-state index contributed by atoms with van der Waals surface area (Å²) in [4.78, 5) is 13.5. The number of nitrogens with zero attached hydrogens (tertiary/aromatic N) is 4. The molecule has 0 radical (unpaired) electrons. The van der Waals surface area contributed by atoms with Crippen LogP contribution in [0.2, 0.25) is 0 Å². The third-order valence-electron chi connectivity index (χ3n) is 3.97. The van der Waals surface area contributed by atoms with Gasteiger partial charge in [-0.1, -0.05) is 12.1 Å². The van der Waals surface area contributed by atoms with Gasteiger partial charge in [0.05, 0.1) is 11.2 Å². The molecule has 0 fully saturated rings. The molecule has 0 saturated carbocycles. The molecule has 0 aliphatic heterocycles. The lowest BCUT2D eigenvalue weighted by atomic mass is 10.0. The van der Waals surface area contributed by atoms with Crippen LogP contribution in [-0.4, -0.2) is 19.5 Å². The number of aryl methyl sites for hydroxylation is 1. The van der Waals surface area contributed by atoms with Gasteiger partial charge in [-0.2, -0.15) is 4.98 Å². The van der Waals surface area contributed by atoms with Gasteiger partial charge >= 0.3 is 0 Å². The van der Waals surface area contributed by atoms with Gasteiger partial charge < -0.3 is 0 Å². The summed E-state index contributed by atoms with van der Waals surface area (Å²) in [6.45, 7) is 0. The quantitative estimate of drug-likeness (QED) is 0.554. The highest BCUT2D eigenvalue weighted by molar-refractivity contribution is 5.86. The summed E-state index contributed by atoms with van der Waals surface area (Å²) in [6.07, 6.45) is 6.37. The molecule has 3 N–H and O–H groups in total. The predicted molar refractivity (Wildman–Crippen MR) is 81.1 cm³/mol. The number of aromatic nitrogens is 4. The Bertz CT molecular complexity index is 807. The molecule has 1 aliphatic carbocycles. The van der Waals surface area contributed by atoms with Gasteiger partial charge in [-0.3, -0.25) is 9.99 Å². The molecule has 6 heteroatoms. The van der Waals surface area contributed by atoms with Crippen molar-refractivity contribution in [3.63, 3.8) is 0 Å². The Hall–Kier alpha value is -2.47. The maximum absolute atomic E-state index is 5.50. The van der Waals surface area contributed by atoms with Crippen LogP contribution in [0.25, 0.3) is 16.7 Å². The molecule has 1 aliphatic rings. The molecular weight excluding hydrogens is 264 g/mol. The van der Waals surface area contributed by atoms with Gasteiger partial charge in [-0.25, -0.2) is 15.8 Å². The molecule has 6 nitrogen and oxygen atoms in total. The van der Waals surface area contributed by atoms with Crippen molar-refractivity contribution < 1.29 is 0 Å². The Kier molecular flexibility index (Phi) is 2.82. The van der Waals surface area contributed by atoms with Crippen molar-refractivity contribution in [2.45, 2.75) is 25.7 Å². The summed E-state index contributed by atoms with van der Waals surface area (Å²) in [5.74, 6) is 6.76. The van der Waals surface area contributed by atoms with Crippen LogP contribution in [0.3, 0.4) is 0 Å². The van der Waals surface area contributed by atoms with Crippen LogP contribution in [-0.2, 0) is 12.8 Å². The van der Waals surface area contributed by atoms with E-state index in [2.05, 4.69) is 24.9 Å². The number of rotatable bonds is 2. The molecule has 0 saturated heterocycles. The van der Waals surface area contributed by atoms with E-state index in [1.54, 1.807) is 0 Å². The summed E-state index contributed by atoms with van der Waals surface area (Å²) in [7, 11) is 0. The number of fused-ring (bicyclic) bond motifs is 2. The number of hydrogen-bond acceptors (Lipinski definition) is 5. The zero-order chi connectivity index (χ0) is 14.2. The van der Waals surface area contributed by atoms with E-state index in [-0.39, 0.29) is 0 Å². The molecule has 0 amide bonds. The normalized spacial score (nSPS) is 14.1. The summed E-state index contributed by atoms with van der Waals surface area (Å²) in [5.41, 5.74) is 5.86. The van der Waals surface area contributed by atoms with Crippen LogP contribution in [0.15, 0.2) is 30.6 Å². The summed E-state index contributed by atoms with van der Waals surface area (Å²) < 4.78 is 2.08. The maximum atomic E-state index is 5.50. The zero-order valence-electron chi connectivity index (χ0n) is 11.6. The second kappa shape index (κ2) is 4.82. The second-order valence-electron chi connectivity index (χ2n) is 5.25. The smallest absolute Gasteiger partial charge is 0.239 e. The fourth-order valence-corrected chi connectivity index (χ4v) is 2.96. The van der Waals surface area contributed by atoms with Crippen LogP contribution in [0.5, 0.6) is 0 Å². The highest BCUT2D eigenvalue weighted by Crippen LogP contribution is 2.26. The van der Waals surface area contributed by atoms with E-state index in [1.165, 1.54) is 24.2 Å². The summed E-state index contributed by atoms with van der Waals surface area (Å²) >= 11 is 0. The lowest BCUT2D eigenvalue weighted by molar-refractivity contribution is 0.654. The average molecular weight is 280 g/mol. The zero-order valence-corrected chi connectivity index (χ0v) is 11.6. The van der Waals surface area contributed by atoms with Crippen LogP contribution < -0.4 is 11.3 Å². The SMILES string of the molecule is NNc1nc(-n2cnc3c2CCCC3)c2ccccc2n1. The van der Waals surface area contributed by atoms with E-state index in [9.17, 15) is 0 Å². The van der Waals surface area contributed by atoms with Crippen LogP contribution in [0, 0.1) is 0 Å². The number of nitrogen functional groups attached to an aromatic ring is 1. The Morgan fingerprint density at radius 1 is 1.10 bits per heavy atom.